The van der Waals surface area contributed by atoms with Crippen molar-refractivity contribution >= 4 is 23.5 Å². The van der Waals surface area contributed by atoms with Crippen LogP contribution < -0.4 is 5.73 Å². The molecule has 0 aromatic carbocycles. The van der Waals surface area contributed by atoms with Crippen LogP contribution in [0.2, 0.25) is 0 Å². The summed E-state index contributed by atoms with van der Waals surface area (Å²) in [6.07, 6.45) is 1.73. The van der Waals surface area contributed by atoms with E-state index >= 15 is 0 Å². The van der Waals surface area contributed by atoms with Gasteiger partial charge >= 0.3 is 0 Å². The molecule has 0 unspecified atom stereocenters. The van der Waals surface area contributed by atoms with Gasteiger partial charge in [0.2, 0.25) is 5.91 Å². The van der Waals surface area contributed by atoms with Gasteiger partial charge in [-0.05, 0) is 19.9 Å². The lowest BCUT2D eigenvalue weighted by atomic mass is 10.2. The van der Waals surface area contributed by atoms with E-state index in [1.165, 1.54) is 0 Å². The lowest BCUT2D eigenvalue weighted by Gasteiger charge is -2.37. The lowest BCUT2D eigenvalue weighted by Crippen LogP contribution is -2.47. The smallest absolute Gasteiger partial charge is 0.244 e. The molecular weight excluding hydrogens is 236 g/mol. The predicted octanol–water partition coefficient (Wildman–Crippen LogP) is 0.819. The first-order chi connectivity index (χ1) is 7.96. The maximum atomic E-state index is 12.1. The van der Waals surface area contributed by atoms with Gasteiger partial charge in [0.25, 0.3) is 0 Å². The second-order valence-corrected chi connectivity index (χ2v) is 6.66. The van der Waals surface area contributed by atoms with E-state index in [1.54, 1.807) is 16.9 Å². The standard InChI is InChI=1S/C11H18N4OS/c1-11(2)8-14(5-6-17-11)10(16)7-15-4-3-9(12)13-15/h3-4H,5-8H2,1-2H3,(H2,12,13). The van der Waals surface area contributed by atoms with E-state index in [-0.39, 0.29) is 17.2 Å². The first-order valence-corrected chi connectivity index (χ1v) is 6.65. The Morgan fingerprint density at radius 1 is 1.65 bits per heavy atom. The fourth-order valence-corrected chi connectivity index (χ4v) is 3.04. The van der Waals surface area contributed by atoms with Crippen molar-refractivity contribution in [3.63, 3.8) is 0 Å². The Bertz CT molecular complexity index is 415. The highest BCUT2D eigenvalue weighted by atomic mass is 32.2. The number of thioether (sulfide) groups is 1. The molecule has 1 aromatic heterocycles. The molecule has 1 aliphatic rings. The monoisotopic (exact) mass is 254 g/mol. The average molecular weight is 254 g/mol. The second kappa shape index (κ2) is 4.60. The van der Waals surface area contributed by atoms with E-state index in [4.69, 9.17) is 5.73 Å². The maximum absolute atomic E-state index is 12.1. The lowest BCUT2D eigenvalue weighted by molar-refractivity contribution is -0.132. The van der Waals surface area contributed by atoms with Gasteiger partial charge in [-0.1, -0.05) is 0 Å². The molecule has 0 spiro atoms. The van der Waals surface area contributed by atoms with Crippen molar-refractivity contribution in [3.8, 4) is 0 Å². The molecule has 0 aliphatic carbocycles. The molecule has 1 amide bonds. The van der Waals surface area contributed by atoms with Crippen LogP contribution in [0.3, 0.4) is 0 Å². The second-order valence-electron chi connectivity index (χ2n) is 4.86. The number of carbonyl (C=O) groups is 1. The van der Waals surface area contributed by atoms with E-state index in [0.29, 0.717) is 5.82 Å². The van der Waals surface area contributed by atoms with E-state index in [2.05, 4.69) is 18.9 Å². The molecule has 2 N–H and O–H groups in total. The van der Waals surface area contributed by atoms with E-state index < -0.39 is 0 Å². The van der Waals surface area contributed by atoms with Gasteiger partial charge in [0.15, 0.2) is 0 Å². The highest BCUT2D eigenvalue weighted by Gasteiger charge is 2.29. The van der Waals surface area contributed by atoms with Gasteiger partial charge in [0.05, 0.1) is 0 Å². The van der Waals surface area contributed by atoms with Crippen molar-refractivity contribution in [1.82, 2.24) is 14.7 Å². The molecule has 94 valence electrons. The number of aromatic nitrogens is 2. The molecule has 0 radical (unpaired) electrons. The molecule has 1 saturated heterocycles. The van der Waals surface area contributed by atoms with Crippen LogP contribution in [0.15, 0.2) is 12.3 Å². The third-order valence-corrected chi connectivity index (χ3v) is 4.03. The molecular formula is C11H18N4OS. The Labute approximate surface area is 105 Å². The largest absolute Gasteiger partial charge is 0.382 e. The summed E-state index contributed by atoms with van der Waals surface area (Å²) in [6.45, 7) is 6.24. The Morgan fingerprint density at radius 2 is 2.41 bits per heavy atom. The molecule has 1 aliphatic heterocycles. The topological polar surface area (TPSA) is 64.2 Å². The van der Waals surface area contributed by atoms with Crippen LogP contribution in [-0.4, -0.2) is 44.2 Å². The number of amides is 1. The summed E-state index contributed by atoms with van der Waals surface area (Å²) in [4.78, 5) is 14.0. The van der Waals surface area contributed by atoms with Gasteiger partial charge in [0.1, 0.15) is 12.4 Å². The zero-order chi connectivity index (χ0) is 12.5. The Kier molecular flexibility index (Phi) is 3.33. The molecule has 1 aromatic rings. The van der Waals surface area contributed by atoms with Crippen LogP contribution in [0, 0.1) is 0 Å². The van der Waals surface area contributed by atoms with Crippen LogP contribution in [-0.2, 0) is 11.3 Å². The van der Waals surface area contributed by atoms with Crippen molar-refractivity contribution in [2.75, 3.05) is 24.6 Å². The minimum atomic E-state index is 0.112. The summed E-state index contributed by atoms with van der Waals surface area (Å²) >= 11 is 1.92. The Balaban J connectivity index is 1.96. The van der Waals surface area contributed by atoms with Crippen molar-refractivity contribution < 1.29 is 4.79 Å². The molecule has 2 rings (SSSR count). The fourth-order valence-electron chi connectivity index (χ4n) is 1.93. The van der Waals surface area contributed by atoms with Crippen molar-refractivity contribution in [3.05, 3.63) is 12.3 Å². The zero-order valence-electron chi connectivity index (χ0n) is 10.2. The highest BCUT2D eigenvalue weighted by Crippen LogP contribution is 2.29. The molecule has 1 fully saturated rings. The van der Waals surface area contributed by atoms with Gasteiger partial charge in [-0.25, -0.2) is 0 Å². The fraction of sp³-hybridized carbons (Fsp3) is 0.636. The molecule has 17 heavy (non-hydrogen) atoms. The van der Waals surface area contributed by atoms with Crippen LogP contribution in [0.5, 0.6) is 0 Å². The SMILES string of the molecule is CC1(C)CN(C(=O)Cn2ccc(N)n2)CCS1. The minimum absolute atomic E-state index is 0.112. The maximum Gasteiger partial charge on any atom is 0.244 e. The average Bonchev–Trinajstić information content (AvgIpc) is 2.62. The van der Waals surface area contributed by atoms with Crippen LogP contribution in [0.25, 0.3) is 0 Å². The first kappa shape index (κ1) is 12.3. The highest BCUT2D eigenvalue weighted by molar-refractivity contribution is 8.00. The molecule has 0 bridgehead atoms. The molecule has 0 atom stereocenters. The van der Waals surface area contributed by atoms with Gasteiger partial charge in [-0.3, -0.25) is 9.48 Å². The summed E-state index contributed by atoms with van der Waals surface area (Å²) in [5, 5.41) is 4.02. The van der Waals surface area contributed by atoms with Gasteiger partial charge in [-0.15, -0.1) is 0 Å². The van der Waals surface area contributed by atoms with E-state index in [0.717, 1.165) is 18.8 Å². The van der Waals surface area contributed by atoms with Crippen LogP contribution in [0.4, 0.5) is 5.82 Å². The van der Waals surface area contributed by atoms with E-state index in [1.807, 2.05) is 16.7 Å². The summed E-state index contributed by atoms with van der Waals surface area (Å²) in [5.74, 6) is 1.56. The summed E-state index contributed by atoms with van der Waals surface area (Å²) in [7, 11) is 0. The summed E-state index contributed by atoms with van der Waals surface area (Å²) in [5.41, 5.74) is 5.52. The number of nitrogens with zero attached hydrogens (tertiary/aromatic N) is 3. The molecule has 6 heteroatoms. The van der Waals surface area contributed by atoms with Gasteiger partial charge < -0.3 is 10.6 Å². The van der Waals surface area contributed by atoms with Crippen molar-refractivity contribution in [1.29, 1.82) is 0 Å². The van der Waals surface area contributed by atoms with Gasteiger partial charge in [-0.2, -0.15) is 16.9 Å². The number of nitrogens with two attached hydrogens (primary N) is 1. The third kappa shape index (κ3) is 3.15. The zero-order valence-corrected chi connectivity index (χ0v) is 11.0. The van der Waals surface area contributed by atoms with E-state index in [9.17, 15) is 4.79 Å². The number of hydrogen-bond acceptors (Lipinski definition) is 4. The number of rotatable bonds is 2. The minimum Gasteiger partial charge on any atom is -0.382 e. The van der Waals surface area contributed by atoms with Crippen LogP contribution in [0.1, 0.15) is 13.8 Å². The first-order valence-electron chi connectivity index (χ1n) is 5.67. The number of nitrogen functional groups attached to an aromatic ring is 1. The molecule has 0 saturated carbocycles. The normalized spacial score (nSPS) is 19.3. The number of anilines is 1. The Morgan fingerprint density at radius 3 is 3.00 bits per heavy atom. The summed E-state index contributed by atoms with van der Waals surface area (Å²) in [6, 6.07) is 1.70. The quantitative estimate of drug-likeness (QED) is 0.848. The molecule has 5 nitrogen and oxygen atoms in total. The van der Waals surface area contributed by atoms with Crippen molar-refractivity contribution in [2.45, 2.75) is 25.1 Å². The van der Waals surface area contributed by atoms with Gasteiger partial charge in [0, 0.05) is 29.8 Å². The summed E-state index contributed by atoms with van der Waals surface area (Å²) < 4.78 is 1.74. The number of hydrogen-bond donors (Lipinski definition) is 1. The Hall–Kier alpha value is -1.17. The number of carbonyl (C=O) groups excluding carboxylic acids is 1. The van der Waals surface area contributed by atoms with Crippen LogP contribution >= 0.6 is 11.8 Å². The van der Waals surface area contributed by atoms with Crippen molar-refractivity contribution in [2.24, 2.45) is 0 Å². The molecule has 2 heterocycles. The predicted molar refractivity (Wildman–Crippen MR) is 69.8 cm³/mol. The third-order valence-electron chi connectivity index (χ3n) is 2.74.